The molecule has 0 saturated carbocycles. The maximum absolute atomic E-state index is 11.1. The molecule has 0 aliphatic rings. The van der Waals surface area contributed by atoms with Crippen molar-refractivity contribution >= 4 is 33.6 Å². The monoisotopic (exact) mass is 247 g/mol. The Morgan fingerprint density at radius 1 is 1.83 bits per heavy atom. The van der Waals surface area contributed by atoms with Gasteiger partial charge in [-0.25, -0.2) is 0 Å². The molecular formula is C6H6BrN3OS. The smallest absolute Gasteiger partial charge is 0.272 e. The molecule has 0 aliphatic heterocycles. The summed E-state index contributed by atoms with van der Waals surface area (Å²) in [7, 11) is 0. The lowest BCUT2D eigenvalue weighted by Crippen LogP contribution is -2.24. The third kappa shape index (κ3) is 2.71. The number of carbonyl (C=O) groups is 1. The number of aromatic nitrogens is 2. The van der Waals surface area contributed by atoms with Crippen LogP contribution in [0.1, 0.15) is 10.5 Å². The molecule has 0 aromatic carbocycles. The van der Waals surface area contributed by atoms with Gasteiger partial charge in [0.05, 0.1) is 17.9 Å². The van der Waals surface area contributed by atoms with E-state index in [-0.39, 0.29) is 5.91 Å². The first-order valence-corrected chi connectivity index (χ1v) is 4.61. The van der Waals surface area contributed by atoms with Crippen LogP contribution in [0.5, 0.6) is 0 Å². The van der Waals surface area contributed by atoms with E-state index in [0.29, 0.717) is 12.2 Å². The highest BCUT2D eigenvalue weighted by Gasteiger charge is 2.06. The second kappa shape index (κ2) is 4.32. The summed E-state index contributed by atoms with van der Waals surface area (Å²) in [5.74, 6) is -0.232. The number of halogens is 1. The van der Waals surface area contributed by atoms with Gasteiger partial charge in [0, 0.05) is 11.0 Å². The first-order chi connectivity index (χ1) is 5.70. The highest BCUT2D eigenvalue weighted by Crippen LogP contribution is 1.99. The van der Waals surface area contributed by atoms with Crippen molar-refractivity contribution in [3.8, 4) is 0 Å². The molecule has 12 heavy (non-hydrogen) atoms. The van der Waals surface area contributed by atoms with E-state index in [4.69, 9.17) is 0 Å². The Labute approximate surface area is 82.1 Å². The zero-order chi connectivity index (χ0) is 8.97. The van der Waals surface area contributed by atoms with Crippen molar-refractivity contribution in [3.05, 3.63) is 23.0 Å². The zero-order valence-electron chi connectivity index (χ0n) is 6.08. The van der Waals surface area contributed by atoms with Gasteiger partial charge in [0.2, 0.25) is 0 Å². The fourth-order valence-electron chi connectivity index (χ4n) is 0.531. The molecule has 1 N–H and O–H groups in total. The Morgan fingerprint density at radius 2 is 2.58 bits per heavy atom. The average Bonchev–Trinajstić information content (AvgIpc) is 2.51. The Bertz CT molecular complexity index is 285. The van der Waals surface area contributed by atoms with Crippen molar-refractivity contribution in [2.75, 3.05) is 6.54 Å². The van der Waals surface area contributed by atoms with Crippen LogP contribution in [0.4, 0.5) is 0 Å². The number of nitrogens with zero attached hydrogens (tertiary/aromatic N) is 2. The minimum Gasteiger partial charge on any atom is -0.346 e. The Kier molecular flexibility index (Phi) is 3.36. The summed E-state index contributed by atoms with van der Waals surface area (Å²) in [6.45, 7) is 3.98. The van der Waals surface area contributed by atoms with Crippen molar-refractivity contribution in [2.45, 2.75) is 0 Å². The highest BCUT2D eigenvalue weighted by atomic mass is 79.9. The molecule has 6 heteroatoms. The largest absolute Gasteiger partial charge is 0.346 e. The van der Waals surface area contributed by atoms with Gasteiger partial charge in [0.25, 0.3) is 5.91 Å². The average molecular weight is 248 g/mol. The third-order valence-electron chi connectivity index (χ3n) is 1.03. The Balaban J connectivity index is 2.45. The number of rotatable bonds is 3. The summed E-state index contributed by atoms with van der Waals surface area (Å²) in [6, 6.07) is 0. The summed E-state index contributed by atoms with van der Waals surface area (Å²) < 4.78 is 8.19. The molecular weight excluding hydrogens is 242 g/mol. The van der Waals surface area contributed by atoms with Gasteiger partial charge in [-0.3, -0.25) is 4.79 Å². The van der Waals surface area contributed by atoms with Gasteiger partial charge >= 0.3 is 0 Å². The predicted octanol–water partition coefficient (Wildman–Crippen LogP) is 1.18. The van der Waals surface area contributed by atoms with Crippen LogP contribution in [0.25, 0.3) is 0 Å². The predicted molar refractivity (Wildman–Crippen MR) is 50.3 cm³/mol. The topological polar surface area (TPSA) is 54.9 Å². The van der Waals surface area contributed by atoms with Crippen molar-refractivity contribution in [1.82, 2.24) is 14.1 Å². The molecule has 0 aliphatic carbocycles. The van der Waals surface area contributed by atoms with Crippen LogP contribution < -0.4 is 5.32 Å². The van der Waals surface area contributed by atoms with Gasteiger partial charge in [-0.15, -0.1) is 0 Å². The fourth-order valence-corrected chi connectivity index (χ4v) is 1.08. The Hall–Kier alpha value is -0.750. The summed E-state index contributed by atoms with van der Waals surface area (Å²) in [4.78, 5) is 11.1. The maximum atomic E-state index is 11.1. The van der Waals surface area contributed by atoms with Gasteiger partial charge in [0.15, 0.2) is 5.69 Å². The molecule has 0 spiro atoms. The quantitative estimate of drug-likeness (QED) is 0.873. The molecule has 4 nitrogen and oxygen atoms in total. The molecule has 64 valence electrons. The van der Waals surface area contributed by atoms with Crippen LogP contribution in [-0.4, -0.2) is 21.2 Å². The second-order valence-corrected chi connectivity index (χ2v) is 3.67. The molecule has 1 heterocycles. The molecule has 0 atom stereocenters. The lowest BCUT2D eigenvalue weighted by molar-refractivity contribution is 0.0954. The number of amides is 1. The molecule has 0 unspecified atom stereocenters. The molecule has 0 radical (unpaired) electrons. The van der Waals surface area contributed by atoms with Gasteiger partial charge in [-0.2, -0.15) is 8.75 Å². The van der Waals surface area contributed by atoms with Crippen LogP contribution in [0.2, 0.25) is 0 Å². The lowest BCUT2D eigenvalue weighted by atomic mass is 10.4. The van der Waals surface area contributed by atoms with E-state index < -0.39 is 0 Å². The SMILES string of the molecule is C=C(Br)CNC(=O)c1cnsn1. The number of hydrogen-bond acceptors (Lipinski definition) is 4. The fraction of sp³-hybridized carbons (Fsp3) is 0.167. The highest BCUT2D eigenvalue weighted by molar-refractivity contribution is 9.11. The Morgan fingerprint density at radius 3 is 3.08 bits per heavy atom. The van der Waals surface area contributed by atoms with E-state index in [0.717, 1.165) is 16.2 Å². The van der Waals surface area contributed by atoms with E-state index in [1.165, 1.54) is 6.20 Å². The molecule has 0 bridgehead atoms. The van der Waals surface area contributed by atoms with Crippen molar-refractivity contribution in [3.63, 3.8) is 0 Å². The molecule has 1 aromatic heterocycles. The number of hydrogen-bond donors (Lipinski definition) is 1. The molecule has 1 aromatic rings. The third-order valence-corrected chi connectivity index (χ3v) is 1.79. The van der Waals surface area contributed by atoms with Gasteiger partial charge in [-0.05, 0) is 0 Å². The van der Waals surface area contributed by atoms with Crippen molar-refractivity contribution in [2.24, 2.45) is 0 Å². The van der Waals surface area contributed by atoms with Crippen LogP contribution in [-0.2, 0) is 0 Å². The van der Waals surface area contributed by atoms with Gasteiger partial charge in [-0.1, -0.05) is 22.5 Å². The molecule has 1 rings (SSSR count). The summed E-state index contributed by atoms with van der Waals surface area (Å²) in [5.41, 5.74) is 0.341. The normalized spacial score (nSPS) is 9.42. The minimum absolute atomic E-state index is 0.232. The van der Waals surface area contributed by atoms with E-state index in [1.807, 2.05) is 0 Å². The number of carbonyl (C=O) groups excluding carboxylic acids is 1. The van der Waals surface area contributed by atoms with Gasteiger partial charge in [0.1, 0.15) is 0 Å². The van der Waals surface area contributed by atoms with Crippen LogP contribution in [0, 0.1) is 0 Å². The van der Waals surface area contributed by atoms with Crippen LogP contribution in [0.3, 0.4) is 0 Å². The molecule has 0 fully saturated rings. The second-order valence-electron chi connectivity index (χ2n) is 1.99. The maximum Gasteiger partial charge on any atom is 0.272 e. The van der Waals surface area contributed by atoms with Crippen LogP contribution in [0.15, 0.2) is 17.3 Å². The zero-order valence-corrected chi connectivity index (χ0v) is 8.48. The van der Waals surface area contributed by atoms with Gasteiger partial charge < -0.3 is 5.32 Å². The first-order valence-electron chi connectivity index (χ1n) is 3.09. The van der Waals surface area contributed by atoms with Crippen molar-refractivity contribution < 1.29 is 4.79 Å². The van der Waals surface area contributed by atoms with E-state index in [9.17, 15) is 4.79 Å². The lowest BCUT2D eigenvalue weighted by Gasteiger charge is -1.98. The standard InChI is InChI=1S/C6H6BrN3OS/c1-4(7)2-8-6(11)5-3-9-12-10-5/h3H,1-2H2,(H,8,11). The summed E-state index contributed by atoms with van der Waals surface area (Å²) in [6.07, 6.45) is 1.43. The first kappa shape index (κ1) is 9.34. The van der Waals surface area contributed by atoms with Crippen LogP contribution >= 0.6 is 27.7 Å². The van der Waals surface area contributed by atoms with E-state index in [2.05, 4.69) is 36.6 Å². The number of nitrogens with one attached hydrogen (secondary N) is 1. The van der Waals surface area contributed by atoms with E-state index in [1.54, 1.807) is 0 Å². The summed E-state index contributed by atoms with van der Waals surface area (Å²) >= 11 is 4.13. The van der Waals surface area contributed by atoms with E-state index >= 15 is 0 Å². The minimum atomic E-state index is -0.232. The summed E-state index contributed by atoms with van der Waals surface area (Å²) in [5, 5.41) is 2.60. The molecule has 0 saturated heterocycles. The molecule has 1 amide bonds. The van der Waals surface area contributed by atoms with Crippen molar-refractivity contribution in [1.29, 1.82) is 0 Å².